The number of carbonyl (C=O) groups excluding carboxylic acids is 2. The van der Waals surface area contributed by atoms with Crippen molar-refractivity contribution in [1.29, 1.82) is 5.41 Å². The lowest BCUT2D eigenvalue weighted by Crippen LogP contribution is -2.27. The molecule has 36 heavy (non-hydrogen) atoms. The molecular formula is C26H28N4O6. The molecule has 0 saturated carbocycles. The third-order valence-electron chi connectivity index (χ3n) is 5.25. The number of aliphatic carboxylic acids is 1. The SMILES string of the molecule is CC(=O)Nc1cc(C)c(OCC2CN(c3cccc(C(=N)N)c3)C(=O)O2)c2ccccc12.CC(=O)O. The van der Waals surface area contributed by atoms with Gasteiger partial charge in [-0.15, -0.1) is 0 Å². The first-order chi connectivity index (χ1) is 17.1. The highest BCUT2D eigenvalue weighted by atomic mass is 16.6. The number of rotatable bonds is 6. The highest BCUT2D eigenvalue weighted by molar-refractivity contribution is 6.04. The van der Waals surface area contributed by atoms with Crippen LogP contribution in [0.15, 0.2) is 54.6 Å². The first-order valence-electron chi connectivity index (χ1n) is 11.1. The lowest BCUT2D eigenvalue weighted by molar-refractivity contribution is -0.134. The number of aryl methyl sites for hydroxylation is 1. The zero-order valence-corrected chi connectivity index (χ0v) is 20.2. The predicted octanol–water partition coefficient (Wildman–Crippen LogP) is 3.89. The Morgan fingerprint density at radius 1 is 1.17 bits per heavy atom. The van der Waals surface area contributed by atoms with Crippen LogP contribution in [0.3, 0.4) is 0 Å². The molecule has 10 heteroatoms. The number of carboxylic acids is 1. The number of anilines is 2. The Balaban J connectivity index is 0.000000840. The van der Waals surface area contributed by atoms with Crippen molar-refractivity contribution in [2.45, 2.75) is 26.9 Å². The molecule has 1 saturated heterocycles. The van der Waals surface area contributed by atoms with Crippen LogP contribution in [0.5, 0.6) is 5.75 Å². The molecule has 188 valence electrons. The number of nitrogens with one attached hydrogen (secondary N) is 2. The summed E-state index contributed by atoms with van der Waals surface area (Å²) >= 11 is 0. The number of carboxylic acid groups (broad SMARTS) is 1. The van der Waals surface area contributed by atoms with E-state index in [0.29, 0.717) is 23.5 Å². The molecular weight excluding hydrogens is 464 g/mol. The van der Waals surface area contributed by atoms with Gasteiger partial charge in [0.25, 0.3) is 5.97 Å². The van der Waals surface area contributed by atoms with E-state index in [0.717, 1.165) is 28.9 Å². The van der Waals surface area contributed by atoms with Crippen molar-refractivity contribution in [3.8, 4) is 5.75 Å². The second kappa shape index (κ2) is 11.2. The Morgan fingerprint density at radius 2 is 1.83 bits per heavy atom. The maximum Gasteiger partial charge on any atom is 0.414 e. The van der Waals surface area contributed by atoms with Gasteiger partial charge in [-0.1, -0.05) is 36.4 Å². The number of nitrogens with zero attached hydrogens (tertiary/aromatic N) is 1. The average Bonchev–Trinajstić information content (AvgIpc) is 3.18. The molecule has 10 nitrogen and oxygen atoms in total. The summed E-state index contributed by atoms with van der Waals surface area (Å²) in [5.74, 6) is -0.359. The Hall–Kier alpha value is -4.60. The zero-order chi connectivity index (χ0) is 26.4. The van der Waals surface area contributed by atoms with Gasteiger partial charge in [0.15, 0.2) is 6.10 Å². The molecule has 5 N–H and O–H groups in total. The fourth-order valence-corrected chi connectivity index (χ4v) is 3.81. The summed E-state index contributed by atoms with van der Waals surface area (Å²) in [6.07, 6.45) is -0.932. The van der Waals surface area contributed by atoms with Crippen molar-refractivity contribution in [3.63, 3.8) is 0 Å². The standard InChI is InChI=1S/C24H24N4O4.C2H4O2/c1-14-10-21(27-15(2)29)19-8-3-4-9-20(19)22(14)31-13-18-12-28(24(30)32-18)17-7-5-6-16(11-17)23(25)26;1-2(3)4/h3-11,18H,12-13H2,1-2H3,(H3,25,26)(H,27,29);1H3,(H,3,4). The quantitative estimate of drug-likeness (QED) is 0.300. The minimum atomic E-state index is -0.833. The summed E-state index contributed by atoms with van der Waals surface area (Å²) < 4.78 is 11.6. The third-order valence-corrected chi connectivity index (χ3v) is 5.25. The van der Waals surface area contributed by atoms with E-state index in [4.69, 9.17) is 30.5 Å². The second-order valence-electron chi connectivity index (χ2n) is 8.21. The van der Waals surface area contributed by atoms with Crippen LogP contribution < -0.4 is 20.7 Å². The fourth-order valence-electron chi connectivity index (χ4n) is 3.81. The number of amidine groups is 1. The molecule has 4 rings (SSSR count). The van der Waals surface area contributed by atoms with E-state index in [-0.39, 0.29) is 18.3 Å². The number of hydrogen-bond donors (Lipinski definition) is 4. The highest BCUT2D eigenvalue weighted by Crippen LogP contribution is 2.35. The smallest absolute Gasteiger partial charge is 0.414 e. The van der Waals surface area contributed by atoms with Gasteiger partial charge in [0.05, 0.1) is 6.54 Å². The number of cyclic esters (lactones) is 1. The first-order valence-corrected chi connectivity index (χ1v) is 11.1. The summed E-state index contributed by atoms with van der Waals surface area (Å²) in [6.45, 7) is 4.97. The van der Waals surface area contributed by atoms with Gasteiger partial charge in [-0.05, 0) is 30.7 Å². The van der Waals surface area contributed by atoms with Gasteiger partial charge in [0, 0.05) is 41.6 Å². The molecule has 0 aliphatic carbocycles. The van der Waals surface area contributed by atoms with Gasteiger partial charge in [0.2, 0.25) is 5.91 Å². The minimum absolute atomic E-state index is 0.0654. The van der Waals surface area contributed by atoms with Gasteiger partial charge >= 0.3 is 6.09 Å². The van der Waals surface area contributed by atoms with Gasteiger partial charge in [-0.25, -0.2) is 4.79 Å². The van der Waals surface area contributed by atoms with Gasteiger partial charge < -0.3 is 25.6 Å². The van der Waals surface area contributed by atoms with Crippen LogP contribution in [0, 0.1) is 12.3 Å². The van der Waals surface area contributed by atoms with Crippen LogP contribution in [-0.2, 0) is 14.3 Å². The van der Waals surface area contributed by atoms with Crippen molar-refractivity contribution in [2.75, 3.05) is 23.4 Å². The van der Waals surface area contributed by atoms with Crippen LogP contribution in [0.2, 0.25) is 0 Å². The van der Waals surface area contributed by atoms with Crippen molar-refractivity contribution in [3.05, 3.63) is 65.7 Å². The van der Waals surface area contributed by atoms with Gasteiger partial charge in [-0.2, -0.15) is 0 Å². The number of fused-ring (bicyclic) bond motifs is 1. The number of hydrogen-bond acceptors (Lipinski definition) is 6. The minimum Gasteiger partial charge on any atom is -0.489 e. The van der Waals surface area contributed by atoms with Crippen LogP contribution in [0.25, 0.3) is 10.8 Å². The zero-order valence-electron chi connectivity index (χ0n) is 20.2. The lowest BCUT2D eigenvalue weighted by atomic mass is 10.0. The first kappa shape index (κ1) is 26.0. The number of nitrogen functional groups attached to an aromatic ring is 1. The number of amides is 2. The Labute approximate surface area is 208 Å². The van der Waals surface area contributed by atoms with Crippen molar-refractivity contribution in [2.24, 2.45) is 5.73 Å². The third kappa shape index (κ3) is 6.29. The fraction of sp³-hybridized carbons (Fsp3) is 0.231. The molecule has 1 aliphatic rings. The molecule has 0 spiro atoms. The van der Waals surface area contributed by atoms with E-state index in [9.17, 15) is 9.59 Å². The normalized spacial score (nSPS) is 14.5. The van der Waals surface area contributed by atoms with Crippen LogP contribution in [0.4, 0.5) is 16.2 Å². The van der Waals surface area contributed by atoms with E-state index in [1.165, 1.54) is 11.8 Å². The molecule has 2 amide bonds. The second-order valence-corrected chi connectivity index (χ2v) is 8.21. The summed E-state index contributed by atoms with van der Waals surface area (Å²) in [7, 11) is 0. The molecule has 1 fully saturated rings. The van der Waals surface area contributed by atoms with Crippen LogP contribution in [-0.4, -0.2) is 48.2 Å². The summed E-state index contributed by atoms with van der Waals surface area (Å²) in [5, 5.41) is 19.6. The molecule has 0 bridgehead atoms. The molecule has 1 unspecified atom stereocenters. The predicted molar refractivity (Wildman–Crippen MR) is 137 cm³/mol. The average molecular weight is 493 g/mol. The molecule has 0 aromatic heterocycles. The summed E-state index contributed by atoms with van der Waals surface area (Å²) in [4.78, 5) is 34.5. The molecule has 3 aromatic carbocycles. The van der Waals surface area contributed by atoms with E-state index in [2.05, 4.69) is 5.32 Å². The summed E-state index contributed by atoms with van der Waals surface area (Å²) in [5.41, 5.74) is 8.30. The Morgan fingerprint density at radius 3 is 2.47 bits per heavy atom. The Bertz CT molecular complexity index is 1320. The molecule has 0 radical (unpaired) electrons. The van der Waals surface area contributed by atoms with E-state index in [1.54, 1.807) is 24.3 Å². The highest BCUT2D eigenvalue weighted by Gasteiger charge is 2.33. The molecule has 1 atom stereocenters. The lowest BCUT2D eigenvalue weighted by Gasteiger charge is -2.17. The van der Waals surface area contributed by atoms with Crippen molar-refractivity contribution >= 4 is 46.0 Å². The molecule has 1 aliphatic heterocycles. The summed E-state index contributed by atoms with van der Waals surface area (Å²) in [6, 6.07) is 16.5. The van der Waals surface area contributed by atoms with E-state index < -0.39 is 18.2 Å². The topological polar surface area (TPSA) is 155 Å². The maximum atomic E-state index is 12.4. The number of nitrogens with two attached hydrogens (primary N) is 1. The Kier molecular flexibility index (Phi) is 8.11. The van der Waals surface area contributed by atoms with E-state index in [1.807, 2.05) is 37.3 Å². The number of benzene rings is 3. The largest absolute Gasteiger partial charge is 0.489 e. The van der Waals surface area contributed by atoms with Gasteiger partial charge in [-0.3, -0.25) is 19.9 Å². The monoisotopic (exact) mass is 492 g/mol. The van der Waals surface area contributed by atoms with Crippen molar-refractivity contribution in [1.82, 2.24) is 0 Å². The maximum absolute atomic E-state index is 12.4. The van der Waals surface area contributed by atoms with Crippen molar-refractivity contribution < 1.29 is 29.0 Å². The van der Waals surface area contributed by atoms with E-state index >= 15 is 0 Å². The van der Waals surface area contributed by atoms with Gasteiger partial charge in [0.1, 0.15) is 18.2 Å². The number of ether oxygens (including phenoxy) is 2. The molecule has 1 heterocycles. The van der Waals surface area contributed by atoms with Crippen LogP contribution in [0.1, 0.15) is 25.0 Å². The van der Waals surface area contributed by atoms with Crippen LogP contribution >= 0.6 is 0 Å². The number of carbonyl (C=O) groups is 3. The molecule has 3 aromatic rings.